The van der Waals surface area contributed by atoms with E-state index >= 15 is 0 Å². The monoisotopic (exact) mass is 224 g/mol. The van der Waals surface area contributed by atoms with E-state index in [1.54, 1.807) is 25.3 Å². The van der Waals surface area contributed by atoms with Crippen LogP contribution in [-0.2, 0) is 0 Å². The summed E-state index contributed by atoms with van der Waals surface area (Å²) in [7, 11) is 1.57. The first-order valence-corrected chi connectivity index (χ1v) is 5.07. The van der Waals surface area contributed by atoms with Crippen LogP contribution in [0.1, 0.15) is 18.5 Å². The van der Waals surface area contributed by atoms with Gasteiger partial charge in [-0.1, -0.05) is 24.6 Å². The van der Waals surface area contributed by atoms with Gasteiger partial charge >= 0.3 is 0 Å². The van der Waals surface area contributed by atoms with E-state index in [1.807, 2.05) is 6.92 Å². The molecule has 0 saturated carbocycles. The second-order valence-corrected chi connectivity index (χ2v) is 3.38. The highest BCUT2D eigenvalue weighted by molar-refractivity contribution is 6.31. The summed E-state index contributed by atoms with van der Waals surface area (Å²) in [6.45, 7) is 2.64. The van der Waals surface area contributed by atoms with E-state index < -0.39 is 6.04 Å². The van der Waals surface area contributed by atoms with Gasteiger partial charge in [0.05, 0.1) is 18.2 Å². The predicted molar refractivity (Wildman–Crippen MR) is 60.0 cm³/mol. The molecular formula is C11H13ClN2O. The van der Waals surface area contributed by atoms with Crippen LogP contribution in [0.25, 0.3) is 0 Å². The van der Waals surface area contributed by atoms with Crippen molar-refractivity contribution in [3.63, 3.8) is 0 Å². The molecule has 4 heteroatoms. The smallest absolute Gasteiger partial charge is 0.126 e. The van der Waals surface area contributed by atoms with Gasteiger partial charge in [0.25, 0.3) is 0 Å². The quantitative estimate of drug-likeness (QED) is 0.855. The average molecular weight is 225 g/mol. The number of rotatable bonds is 4. The van der Waals surface area contributed by atoms with E-state index in [2.05, 4.69) is 11.4 Å². The van der Waals surface area contributed by atoms with Crippen LogP contribution in [0.3, 0.4) is 0 Å². The number of hydrogen-bond donors (Lipinski definition) is 1. The first-order chi connectivity index (χ1) is 7.24. The molecule has 0 bridgehead atoms. The van der Waals surface area contributed by atoms with Crippen molar-refractivity contribution in [2.45, 2.75) is 13.0 Å². The molecule has 0 aliphatic carbocycles. The second kappa shape index (κ2) is 5.59. The van der Waals surface area contributed by atoms with Gasteiger partial charge in [-0.2, -0.15) is 5.26 Å². The van der Waals surface area contributed by atoms with E-state index in [-0.39, 0.29) is 0 Å². The molecule has 1 rings (SSSR count). The zero-order valence-corrected chi connectivity index (χ0v) is 9.51. The van der Waals surface area contributed by atoms with Crippen LogP contribution in [0, 0.1) is 11.3 Å². The molecule has 0 fully saturated rings. The van der Waals surface area contributed by atoms with Crippen molar-refractivity contribution in [3.8, 4) is 11.8 Å². The summed E-state index contributed by atoms with van der Waals surface area (Å²) in [5, 5.41) is 12.6. The van der Waals surface area contributed by atoms with Gasteiger partial charge in [-0.15, -0.1) is 0 Å². The third-order valence-corrected chi connectivity index (χ3v) is 2.39. The van der Waals surface area contributed by atoms with E-state index in [4.69, 9.17) is 21.6 Å². The molecule has 0 heterocycles. The summed E-state index contributed by atoms with van der Waals surface area (Å²) in [4.78, 5) is 0. The van der Waals surface area contributed by atoms with E-state index in [0.29, 0.717) is 22.9 Å². The standard InChI is InChI=1S/C11H13ClN2O/c1-3-14-9(7-13)11-8(12)5-4-6-10(11)15-2/h4-6,9,14H,3H2,1-2H3. The van der Waals surface area contributed by atoms with E-state index in [0.717, 1.165) is 0 Å². The van der Waals surface area contributed by atoms with Gasteiger partial charge in [0.2, 0.25) is 0 Å². The molecule has 1 unspecified atom stereocenters. The van der Waals surface area contributed by atoms with Gasteiger partial charge in [-0.3, -0.25) is 5.32 Å². The van der Waals surface area contributed by atoms with Gasteiger partial charge in [-0.05, 0) is 18.7 Å². The SMILES string of the molecule is CCNC(C#N)c1c(Cl)cccc1OC. The Bertz CT molecular complexity index is 373. The zero-order valence-electron chi connectivity index (χ0n) is 8.75. The molecule has 0 spiro atoms. The highest BCUT2D eigenvalue weighted by atomic mass is 35.5. The number of methoxy groups -OCH3 is 1. The van der Waals surface area contributed by atoms with Crippen molar-refractivity contribution in [2.75, 3.05) is 13.7 Å². The van der Waals surface area contributed by atoms with E-state index in [9.17, 15) is 0 Å². The molecule has 80 valence electrons. The fourth-order valence-electron chi connectivity index (χ4n) is 1.39. The Morgan fingerprint density at radius 2 is 2.33 bits per heavy atom. The van der Waals surface area contributed by atoms with Crippen molar-refractivity contribution in [1.82, 2.24) is 5.32 Å². The maximum absolute atomic E-state index is 9.03. The van der Waals surface area contributed by atoms with Crippen LogP contribution in [0.15, 0.2) is 18.2 Å². The Hall–Kier alpha value is -1.24. The minimum absolute atomic E-state index is 0.432. The Balaban J connectivity index is 3.15. The van der Waals surface area contributed by atoms with Crippen molar-refractivity contribution in [2.24, 2.45) is 0 Å². The second-order valence-electron chi connectivity index (χ2n) is 2.98. The van der Waals surface area contributed by atoms with Crippen molar-refractivity contribution in [3.05, 3.63) is 28.8 Å². The molecule has 1 aromatic carbocycles. The number of nitrogens with one attached hydrogen (secondary N) is 1. The lowest BCUT2D eigenvalue weighted by atomic mass is 10.1. The van der Waals surface area contributed by atoms with Crippen LogP contribution < -0.4 is 10.1 Å². The summed E-state index contributed by atoms with van der Waals surface area (Å²) >= 11 is 6.05. The molecule has 0 radical (unpaired) electrons. The lowest BCUT2D eigenvalue weighted by Gasteiger charge is -2.15. The molecule has 0 aliphatic rings. The molecule has 0 aromatic heterocycles. The molecule has 15 heavy (non-hydrogen) atoms. The molecule has 1 aromatic rings. The van der Waals surface area contributed by atoms with Crippen LogP contribution in [0.4, 0.5) is 0 Å². The first kappa shape index (κ1) is 11.8. The zero-order chi connectivity index (χ0) is 11.3. The van der Waals surface area contributed by atoms with Gasteiger partial charge in [0.1, 0.15) is 11.8 Å². The molecule has 1 N–H and O–H groups in total. The molecular weight excluding hydrogens is 212 g/mol. The van der Waals surface area contributed by atoms with Crippen molar-refractivity contribution in [1.29, 1.82) is 5.26 Å². The molecule has 0 saturated heterocycles. The van der Waals surface area contributed by atoms with Crippen molar-refractivity contribution < 1.29 is 4.74 Å². The van der Waals surface area contributed by atoms with E-state index in [1.165, 1.54) is 0 Å². The number of nitriles is 1. The fraction of sp³-hybridized carbons (Fsp3) is 0.364. The Morgan fingerprint density at radius 1 is 1.60 bits per heavy atom. The van der Waals surface area contributed by atoms with Crippen LogP contribution in [0.5, 0.6) is 5.75 Å². The van der Waals surface area contributed by atoms with Gasteiger partial charge in [0.15, 0.2) is 0 Å². The minimum atomic E-state index is -0.432. The van der Waals surface area contributed by atoms with Gasteiger partial charge in [0, 0.05) is 5.56 Å². The first-order valence-electron chi connectivity index (χ1n) is 4.70. The summed E-state index contributed by atoms with van der Waals surface area (Å²) in [6.07, 6.45) is 0. The maximum atomic E-state index is 9.03. The lowest BCUT2D eigenvalue weighted by Crippen LogP contribution is -2.20. The maximum Gasteiger partial charge on any atom is 0.126 e. The van der Waals surface area contributed by atoms with Crippen LogP contribution >= 0.6 is 11.6 Å². The van der Waals surface area contributed by atoms with Crippen LogP contribution in [-0.4, -0.2) is 13.7 Å². The third kappa shape index (κ3) is 2.62. The molecule has 0 aliphatic heterocycles. The number of nitrogens with zero attached hydrogens (tertiary/aromatic N) is 1. The molecule has 0 amide bonds. The number of hydrogen-bond acceptors (Lipinski definition) is 3. The highest BCUT2D eigenvalue weighted by Gasteiger charge is 2.17. The summed E-state index contributed by atoms with van der Waals surface area (Å²) < 4.78 is 5.18. The Kier molecular flexibility index (Phi) is 4.41. The minimum Gasteiger partial charge on any atom is -0.496 e. The largest absolute Gasteiger partial charge is 0.496 e. The summed E-state index contributed by atoms with van der Waals surface area (Å²) in [5.41, 5.74) is 0.700. The average Bonchev–Trinajstić information content (AvgIpc) is 2.26. The molecule has 3 nitrogen and oxygen atoms in total. The third-order valence-electron chi connectivity index (χ3n) is 2.06. The topological polar surface area (TPSA) is 45.0 Å². The number of halogens is 1. The highest BCUT2D eigenvalue weighted by Crippen LogP contribution is 2.31. The number of benzene rings is 1. The summed E-state index contributed by atoms with van der Waals surface area (Å²) in [5.74, 6) is 0.634. The lowest BCUT2D eigenvalue weighted by molar-refractivity contribution is 0.405. The van der Waals surface area contributed by atoms with Gasteiger partial charge < -0.3 is 4.74 Å². The molecule has 1 atom stereocenters. The summed E-state index contributed by atoms with van der Waals surface area (Å²) in [6, 6.07) is 7.07. The Labute approximate surface area is 94.6 Å². The predicted octanol–water partition coefficient (Wildman–Crippen LogP) is 2.52. The van der Waals surface area contributed by atoms with Crippen molar-refractivity contribution >= 4 is 11.6 Å². The normalized spacial score (nSPS) is 11.9. The fourth-order valence-corrected chi connectivity index (χ4v) is 1.67. The van der Waals surface area contributed by atoms with Gasteiger partial charge in [-0.25, -0.2) is 0 Å². The number of ether oxygens (including phenoxy) is 1. The van der Waals surface area contributed by atoms with Crippen LogP contribution in [0.2, 0.25) is 5.02 Å². The Morgan fingerprint density at radius 3 is 2.87 bits per heavy atom.